The number of rotatable bonds is 13. The van der Waals surface area contributed by atoms with Crippen molar-refractivity contribution in [1.29, 1.82) is 0 Å². The average Bonchev–Trinajstić information content (AvgIpc) is 3.76. The van der Waals surface area contributed by atoms with Gasteiger partial charge < -0.3 is 25.7 Å². The van der Waals surface area contributed by atoms with Crippen LogP contribution >= 0.6 is 11.3 Å². The molecular formula is C44H53N9O4S. The Balaban J connectivity index is 0.959. The topological polar surface area (TPSA) is 171 Å². The number of carboxylic acids is 2. The Kier molecular flexibility index (Phi) is 9.78. The molecule has 9 rings (SSSR count). The molecule has 1 aromatic carbocycles. The van der Waals surface area contributed by atoms with Gasteiger partial charge in [-0.25, -0.2) is 14.8 Å². The average molecular weight is 804 g/mol. The van der Waals surface area contributed by atoms with Crippen molar-refractivity contribution in [2.45, 2.75) is 98.4 Å². The first-order chi connectivity index (χ1) is 27.8. The summed E-state index contributed by atoms with van der Waals surface area (Å²) in [5, 5.41) is 41.1. The number of hydrogen-bond donors (Lipinski definition) is 4. The van der Waals surface area contributed by atoms with Crippen LogP contribution in [0.4, 0.5) is 22.6 Å². The Morgan fingerprint density at radius 1 is 1.00 bits per heavy atom. The van der Waals surface area contributed by atoms with E-state index in [1.54, 1.807) is 11.3 Å². The Bertz CT molecular complexity index is 2380. The second-order valence-electron chi connectivity index (χ2n) is 18.3. The molecule has 3 aliphatic carbocycles. The molecule has 304 valence electrons. The first-order valence-electron chi connectivity index (χ1n) is 20.8. The van der Waals surface area contributed by atoms with Crippen molar-refractivity contribution in [2.75, 3.05) is 29.9 Å². The van der Waals surface area contributed by atoms with Gasteiger partial charge in [-0.1, -0.05) is 37.3 Å². The van der Waals surface area contributed by atoms with Gasteiger partial charge in [0.2, 0.25) is 0 Å². The minimum atomic E-state index is -1.09. The summed E-state index contributed by atoms with van der Waals surface area (Å²) in [7, 11) is 0. The monoisotopic (exact) mass is 803 g/mol. The molecule has 13 nitrogen and oxygen atoms in total. The zero-order chi connectivity index (χ0) is 40.4. The predicted molar refractivity (Wildman–Crippen MR) is 225 cm³/mol. The van der Waals surface area contributed by atoms with Crippen molar-refractivity contribution in [3.8, 4) is 11.1 Å². The van der Waals surface area contributed by atoms with Crippen molar-refractivity contribution in [3.63, 3.8) is 0 Å². The third-order valence-electron chi connectivity index (χ3n) is 14.0. The van der Waals surface area contributed by atoms with Crippen molar-refractivity contribution >= 4 is 56.1 Å². The largest absolute Gasteiger partial charge is 0.480 e. The van der Waals surface area contributed by atoms with Crippen LogP contribution in [-0.2, 0) is 17.8 Å². The summed E-state index contributed by atoms with van der Waals surface area (Å²) in [6, 6.07) is 11.8. The van der Waals surface area contributed by atoms with Crippen LogP contribution in [0.5, 0.6) is 0 Å². The van der Waals surface area contributed by atoms with Crippen molar-refractivity contribution < 1.29 is 19.8 Å². The van der Waals surface area contributed by atoms with Gasteiger partial charge in [0.1, 0.15) is 5.82 Å². The van der Waals surface area contributed by atoms with Crippen molar-refractivity contribution in [3.05, 3.63) is 65.1 Å². The smallest absolute Gasteiger partial charge is 0.355 e. The molecule has 5 atom stereocenters. The minimum Gasteiger partial charge on any atom is -0.480 e. The van der Waals surface area contributed by atoms with Gasteiger partial charge in [0.15, 0.2) is 22.5 Å². The van der Waals surface area contributed by atoms with E-state index < -0.39 is 11.9 Å². The summed E-state index contributed by atoms with van der Waals surface area (Å²) >= 11 is 1.57. The van der Waals surface area contributed by atoms with Crippen LogP contribution in [0.1, 0.15) is 98.9 Å². The fraction of sp³-hybridized carbons (Fsp3) is 0.523. The second-order valence-corrected chi connectivity index (χ2v) is 19.4. The summed E-state index contributed by atoms with van der Waals surface area (Å²) in [4.78, 5) is 35.5. The summed E-state index contributed by atoms with van der Waals surface area (Å²) in [6.45, 7) is 11.3. The van der Waals surface area contributed by atoms with E-state index in [9.17, 15) is 14.7 Å². The maximum atomic E-state index is 12.9. The van der Waals surface area contributed by atoms with E-state index in [4.69, 9.17) is 20.2 Å². The lowest BCUT2D eigenvalue weighted by Gasteiger charge is -2.67. The molecule has 3 saturated carbocycles. The summed E-state index contributed by atoms with van der Waals surface area (Å²) in [5.74, 6) is 1.03. The van der Waals surface area contributed by atoms with Crippen LogP contribution in [0.15, 0.2) is 42.6 Å². The van der Waals surface area contributed by atoms with Crippen LogP contribution < -0.4 is 15.5 Å². The number of anilines is 4. The number of fused-ring (bicyclic) bond motifs is 4. The SMILES string of the molecule is Cc1c(Nc2nc3ccccc3s2)nnc2c1CCCN2c1ccc(-c2cnn(CC3CC4(C)CC5(C)CCC3C(CCCNCC(=O)O)(C5)C4)c2C)c(C(=O)O)n1. The molecule has 5 aromatic rings. The lowest BCUT2D eigenvalue weighted by Crippen LogP contribution is -2.58. The molecule has 0 spiro atoms. The van der Waals surface area contributed by atoms with E-state index in [1.807, 2.05) is 55.3 Å². The van der Waals surface area contributed by atoms with Gasteiger partial charge in [0, 0.05) is 41.0 Å². The molecule has 5 heterocycles. The highest BCUT2D eigenvalue weighted by Crippen LogP contribution is 2.71. The third-order valence-corrected chi connectivity index (χ3v) is 14.9. The quantitative estimate of drug-likeness (QED) is 0.0838. The van der Waals surface area contributed by atoms with Gasteiger partial charge in [0.25, 0.3) is 0 Å². The Hall–Kier alpha value is -4.95. The van der Waals surface area contributed by atoms with Gasteiger partial charge >= 0.3 is 11.9 Å². The van der Waals surface area contributed by atoms with Crippen LogP contribution in [0.25, 0.3) is 21.3 Å². The van der Waals surface area contributed by atoms with Gasteiger partial charge in [-0.05, 0) is 137 Å². The molecule has 4 aromatic heterocycles. The lowest BCUT2D eigenvalue weighted by atomic mass is 9.38. The molecular weight excluding hydrogens is 751 g/mol. The van der Waals surface area contributed by atoms with E-state index in [0.717, 1.165) is 82.9 Å². The number of carboxylic acid groups (broad SMARTS) is 2. The highest BCUT2D eigenvalue weighted by Gasteiger charge is 2.61. The lowest BCUT2D eigenvalue weighted by molar-refractivity contribution is -0.169. The second kappa shape index (κ2) is 14.7. The highest BCUT2D eigenvalue weighted by atomic mass is 32.1. The maximum Gasteiger partial charge on any atom is 0.355 e. The Morgan fingerprint density at radius 3 is 2.64 bits per heavy atom. The van der Waals surface area contributed by atoms with E-state index in [0.29, 0.717) is 46.8 Å². The van der Waals surface area contributed by atoms with E-state index in [1.165, 1.54) is 32.1 Å². The summed E-state index contributed by atoms with van der Waals surface area (Å²) in [5.41, 5.74) is 6.14. The molecule has 0 saturated heterocycles. The van der Waals surface area contributed by atoms with Crippen molar-refractivity contribution in [1.82, 2.24) is 35.3 Å². The van der Waals surface area contributed by atoms with E-state index >= 15 is 0 Å². The van der Waals surface area contributed by atoms with Crippen LogP contribution in [0.2, 0.25) is 0 Å². The number of hydrogen-bond acceptors (Lipinski definition) is 11. The molecule has 4 N–H and O–H groups in total. The number of aromatic nitrogens is 6. The Labute approximate surface area is 342 Å². The molecule has 0 amide bonds. The van der Waals surface area contributed by atoms with Crippen LogP contribution in [-0.4, -0.2) is 71.7 Å². The fourth-order valence-electron chi connectivity index (χ4n) is 12.2. The molecule has 3 fully saturated rings. The maximum absolute atomic E-state index is 12.9. The molecule has 14 heteroatoms. The number of thiazole rings is 1. The number of aliphatic carboxylic acids is 1. The number of pyridine rings is 1. The standard InChI is InChI=1S/C44H53N9O4S/c1-26-29-9-7-18-52(39(29)51-50-38(26)49-41-47-33-10-5-6-11-34(33)58-41)35-13-12-30(37(48-35)40(56)57)31-20-46-53(27(31)2)22-28-19-43(4)23-42(3)16-14-32(28)44(24-42,25-43)15-8-17-45-21-36(54)55/h5-6,10-13,20,28,32,45H,7-9,14-19,21-25H2,1-4H3,(H,54,55)(H,56,57)(H,47,49,50). The third kappa shape index (κ3) is 7.01. The first kappa shape index (κ1) is 38.6. The fourth-order valence-corrected chi connectivity index (χ4v) is 13.0. The van der Waals surface area contributed by atoms with E-state index in [2.05, 4.69) is 45.4 Å². The molecule has 0 radical (unpaired) electrons. The van der Waals surface area contributed by atoms with Gasteiger partial charge in [0.05, 0.1) is 23.0 Å². The normalized spacial score (nSPS) is 26.2. The summed E-state index contributed by atoms with van der Waals surface area (Å²) < 4.78 is 3.21. The Morgan fingerprint density at radius 2 is 1.83 bits per heavy atom. The number of aromatic carboxylic acids is 1. The van der Waals surface area contributed by atoms with E-state index in [-0.39, 0.29) is 23.1 Å². The number of para-hydroxylation sites is 1. The zero-order valence-electron chi connectivity index (χ0n) is 33.8. The molecule has 3 bridgehead atoms. The highest BCUT2D eigenvalue weighted by molar-refractivity contribution is 7.22. The van der Waals surface area contributed by atoms with Crippen molar-refractivity contribution in [2.24, 2.45) is 28.1 Å². The molecule has 58 heavy (non-hydrogen) atoms. The first-order valence-corrected chi connectivity index (χ1v) is 21.6. The number of benzene rings is 1. The van der Waals surface area contributed by atoms with Crippen LogP contribution in [0.3, 0.4) is 0 Å². The number of nitrogens with zero attached hydrogens (tertiary/aromatic N) is 7. The minimum absolute atomic E-state index is 0.00354. The number of nitrogens with one attached hydrogen (secondary N) is 2. The van der Waals surface area contributed by atoms with Gasteiger partial charge in [-0.15, -0.1) is 10.2 Å². The van der Waals surface area contributed by atoms with Gasteiger partial charge in [-0.3, -0.25) is 9.48 Å². The molecule has 5 unspecified atom stereocenters. The van der Waals surface area contributed by atoms with Gasteiger partial charge in [-0.2, -0.15) is 5.10 Å². The van der Waals surface area contributed by atoms with Crippen LogP contribution in [0, 0.1) is 41.9 Å². The zero-order valence-corrected chi connectivity index (χ0v) is 34.7. The predicted octanol–water partition coefficient (Wildman–Crippen LogP) is 8.55. The summed E-state index contributed by atoms with van der Waals surface area (Å²) in [6.07, 6.45) is 13.0. The molecule has 1 aliphatic heterocycles. The molecule has 4 aliphatic rings. The number of carbonyl (C=O) groups is 2.